The molecule has 0 saturated carbocycles. The zero-order chi connectivity index (χ0) is 16.6. The van der Waals surface area contributed by atoms with Gasteiger partial charge in [0.2, 0.25) is 0 Å². The number of aliphatic hydroxyl groups is 1. The van der Waals surface area contributed by atoms with Crippen LogP contribution in [-0.2, 0) is 4.74 Å². The topological polar surface area (TPSA) is 75.5 Å². The molecule has 1 N–H and O–H groups in total. The van der Waals surface area contributed by atoms with E-state index in [0.29, 0.717) is 23.9 Å². The Morgan fingerprint density at radius 3 is 3.00 bits per heavy atom. The Morgan fingerprint density at radius 2 is 2.30 bits per heavy atom. The first-order valence-corrected chi connectivity index (χ1v) is 8.68. The van der Waals surface area contributed by atoms with E-state index in [4.69, 9.17) is 4.74 Å². The number of fused-ring (bicyclic) bond motifs is 1. The number of thiophene rings is 1. The van der Waals surface area contributed by atoms with Gasteiger partial charge < -0.3 is 14.7 Å². The predicted molar refractivity (Wildman–Crippen MR) is 90.1 cm³/mol. The van der Waals surface area contributed by atoms with Crippen LogP contribution in [0.25, 0.3) is 10.2 Å². The molecule has 23 heavy (non-hydrogen) atoms. The highest BCUT2D eigenvalue weighted by Crippen LogP contribution is 2.36. The molecule has 0 bridgehead atoms. The summed E-state index contributed by atoms with van der Waals surface area (Å²) in [7, 11) is 0. The zero-order valence-electron chi connectivity index (χ0n) is 13.6. The van der Waals surface area contributed by atoms with Gasteiger partial charge in [-0.05, 0) is 31.7 Å². The molecule has 0 aromatic carbocycles. The van der Waals surface area contributed by atoms with Gasteiger partial charge in [-0.1, -0.05) is 6.92 Å². The van der Waals surface area contributed by atoms with E-state index >= 15 is 0 Å². The molecule has 6 nitrogen and oxygen atoms in total. The first-order valence-electron chi connectivity index (χ1n) is 7.87. The lowest BCUT2D eigenvalue weighted by Gasteiger charge is -2.35. The van der Waals surface area contributed by atoms with Crippen LogP contribution in [0.4, 0.5) is 5.82 Å². The first-order chi connectivity index (χ1) is 11.0. The van der Waals surface area contributed by atoms with Gasteiger partial charge in [-0.25, -0.2) is 14.8 Å². The summed E-state index contributed by atoms with van der Waals surface area (Å²) in [6.07, 6.45) is 2.07. The second-order valence-corrected chi connectivity index (χ2v) is 6.93. The van der Waals surface area contributed by atoms with Crippen LogP contribution in [0.1, 0.15) is 35.5 Å². The van der Waals surface area contributed by atoms with E-state index in [2.05, 4.69) is 21.8 Å². The quantitative estimate of drug-likeness (QED) is 0.868. The van der Waals surface area contributed by atoms with Crippen LogP contribution >= 0.6 is 11.3 Å². The van der Waals surface area contributed by atoms with Gasteiger partial charge >= 0.3 is 5.97 Å². The average molecular weight is 335 g/mol. The number of ether oxygens (including phenoxy) is 1. The molecule has 0 spiro atoms. The third kappa shape index (κ3) is 2.90. The Morgan fingerprint density at radius 1 is 1.52 bits per heavy atom. The Bertz CT molecular complexity index is 731. The number of aliphatic hydroxyl groups excluding tert-OH is 1. The van der Waals surface area contributed by atoms with Crippen molar-refractivity contribution >= 4 is 33.3 Å². The molecule has 2 aromatic rings. The molecule has 124 valence electrons. The number of β-amino-alcohol motifs (C(OH)–C–C–N with tert-alkyl or cyclic N) is 1. The highest BCUT2D eigenvalue weighted by Gasteiger charge is 2.28. The van der Waals surface area contributed by atoms with Crippen molar-refractivity contribution in [3.05, 3.63) is 16.8 Å². The van der Waals surface area contributed by atoms with Crippen molar-refractivity contribution in [2.24, 2.45) is 5.92 Å². The number of aryl methyl sites for hydroxylation is 1. The SMILES string of the molecule is CCOC(=O)c1sc2ncnc(N3CCC(C)C(O)C3)c2c1C. The molecule has 3 heterocycles. The molecule has 0 aliphatic carbocycles. The monoisotopic (exact) mass is 335 g/mol. The predicted octanol–water partition coefficient (Wildman–Crippen LogP) is 2.38. The maximum atomic E-state index is 12.1. The van der Waals surface area contributed by atoms with Crippen molar-refractivity contribution in [3.8, 4) is 0 Å². The molecule has 2 unspecified atom stereocenters. The summed E-state index contributed by atoms with van der Waals surface area (Å²) >= 11 is 1.34. The van der Waals surface area contributed by atoms with E-state index in [1.54, 1.807) is 6.92 Å². The van der Waals surface area contributed by atoms with Gasteiger partial charge in [-0.2, -0.15) is 0 Å². The van der Waals surface area contributed by atoms with Gasteiger partial charge in [-0.3, -0.25) is 0 Å². The minimum atomic E-state index is -0.364. The maximum absolute atomic E-state index is 12.1. The fourth-order valence-electron chi connectivity index (χ4n) is 2.93. The lowest BCUT2D eigenvalue weighted by atomic mass is 9.96. The third-order valence-corrected chi connectivity index (χ3v) is 5.57. The molecule has 2 atom stereocenters. The van der Waals surface area contributed by atoms with Crippen LogP contribution in [-0.4, -0.2) is 46.8 Å². The zero-order valence-corrected chi connectivity index (χ0v) is 14.4. The van der Waals surface area contributed by atoms with Crippen LogP contribution in [0.15, 0.2) is 6.33 Å². The fourth-order valence-corrected chi connectivity index (χ4v) is 3.96. The number of rotatable bonds is 3. The van der Waals surface area contributed by atoms with Crippen molar-refractivity contribution < 1.29 is 14.6 Å². The summed E-state index contributed by atoms with van der Waals surface area (Å²) < 4.78 is 5.12. The lowest BCUT2D eigenvalue weighted by molar-refractivity contribution is 0.0531. The number of carbonyl (C=O) groups is 1. The van der Waals surface area contributed by atoms with Crippen molar-refractivity contribution in [1.29, 1.82) is 0 Å². The van der Waals surface area contributed by atoms with Crippen LogP contribution in [0, 0.1) is 12.8 Å². The van der Waals surface area contributed by atoms with E-state index in [0.717, 1.165) is 34.6 Å². The van der Waals surface area contributed by atoms with Gasteiger partial charge in [0.25, 0.3) is 0 Å². The van der Waals surface area contributed by atoms with E-state index < -0.39 is 0 Å². The molecule has 1 fully saturated rings. The molecule has 0 radical (unpaired) electrons. The number of carbonyl (C=O) groups excluding carboxylic acids is 1. The standard InChI is InChI=1S/C16H21N3O3S/c1-4-22-16(21)13-10(3)12-14(17-8-18-15(12)23-13)19-6-5-9(2)11(20)7-19/h8-9,11,20H,4-7H2,1-3H3. The largest absolute Gasteiger partial charge is 0.462 e. The Kier molecular flexibility index (Phi) is 4.50. The molecule has 3 rings (SSSR count). The fraction of sp³-hybridized carbons (Fsp3) is 0.562. The van der Waals surface area contributed by atoms with Crippen LogP contribution in [0.2, 0.25) is 0 Å². The normalized spacial score (nSPS) is 21.7. The molecule has 0 amide bonds. The minimum Gasteiger partial charge on any atom is -0.462 e. The highest BCUT2D eigenvalue weighted by atomic mass is 32.1. The number of aromatic nitrogens is 2. The van der Waals surface area contributed by atoms with Crippen molar-refractivity contribution in [2.45, 2.75) is 33.3 Å². The van der Waals surface area contributed by atoms with Gasteiger partial charge in [-0.15, -0.1) is 11.3 Å². The van der Waals surface area contributed by atoms with Gasteiger partial charge in [0.1, 0.15) is 21.9 Å². The molecule has 1 saturated heterocycles. The third-order valence-electron chi connectivity index (χ3n) is 4.39. The van der Waals surface area contributed by atoms with E-state index in [-0.39, 0.29) is 12.1 Å². The minimum absolute atomic E-state index is 0.294. The smallest absolute Gasteiger partial charge is 0.348 e. The van der Waals surface area contributed by atoms with E-state index in [1.165, 1.54) is 17.7 Å². The van der Waals surface area contributed by atoms with E-state index in [1.807, 2.05) is 6.92 Å². The Labute approximate surface area is 139 Å². The second-order valence-electron chi connectivity index (χ2n) is 5.93. The summed E-state index contributed by atoms with van der Waals surface area (Å²) in [5, 5.41) is 11.0. The van der Waals surface area contributed by atoms with Crippen molar-refractivity contribution in [1.82, 2.24) is 9.97 Å². The van der Waals surface area contributed by atoms with Crippen LogP contribution < -0.4 is 4.90 Å². The number of nitrogens with zero attached hydrogens (tertiary/aromatic N) is 3. The summed E-state index contributed by atoms with van der Waals surface area (Å²) in [5.41, 5.74) is 0.854. The molecule has 1 aliphatic heterocycles. The second kappa shape index (κ2) is 6.41. The average Bonchev–Trinajstić information content (AvgIpc) is 2.88. The summed E-state index contributed by atoms with van der Waals surface area (Å²) in [6.45, 7) is 7.50. The molecular formula is C16H21N3O3S. The number of anilines is 1. The summed E-state index contributed by atoms with van der Waals surface area (Å²) in [6, 6.07) is 0. The number of esters is 1. The van der Waals surface area contributed by atoms with Gasteiger partial charge in [0, 0.05) is 13.1 Å². The Balaban J connectivity index is 2.03. The molecular weight excluding hydrogens is 314 g/mol. The molecule has 7 heteroatoms. The number of hydrogen-bond acceptors (Lipinski definition) is 7. The first kappa shape index (κ1) is 16.1. The van der Waals surface area contributed by atoms with E-state index in [9.17, 15) is 9.90 Å². The summed E-state index contributed by atoms with van der Waals surface area (Å²) in [5.74, 6) is 0.777. The van der Waals surface area contributed by atoms with Crippen molar-refractivity contribution in [3.63, 3.8) is 0 Å². The lowest BCUT2D eigenvalue weighted by Crippen LogP contribution is -2.43. The van der Waals surface area contributed by atoms with Crippen LogP contribution in [0.5, 0.6) is 0 Å². The van der Waals surface area contributed by atoms with Gasteiger partial charge in [0.05, 0.1) is 18.1 Å². The maximum Gasteiger partial charge on any atom is 0.348 e. The summed E-state index contributed by atoms with van der Waals surface area (Å²) in [4.78, 5) is 24.3. The van der Waals surface area contributed by atoms with Gasteiger partial charge in [0.15, 0.2) is 0 Å². The number of hydrogen-bond donors (Lipinski definition) is 1. The molecule has 2 aromatic heterocycles. The molecule has 1 aliphatic rings. The van der Waals surface area contributed by atoms with Crippen molar-refractivity contribution in [2.75, 3.05) is 24.6 Å². The Hall–Kier alpha value is -1.73. The highest BCUT2D eigenvalue weighted by molar-refractivity contribution is 7.20. The van der Waals surface area contributed by atoms with Crippen LogP contribution in [0.3, 0.4) is 0 Å². The number of piperidine rings is 1.